The molecule has 0 spiro atoms. The molecule has 0 fully saturated rings. The number of anilines is 1. The molecule has 0 saturated carbocycles. The van der Waals surface area contributed by atoms with Crippen molar-refractivity contribution in [2.24, 2.45) is 5.73 Å². The molecule has 2 N–H and O–H groups in total. The molecule has 1 aliphatic heterocycles. The van der Waals surface area contributed by atoms with Crippen molar-refractivity contribution in [2.45, 2.75) is 38.5 Å². The molecule has 2 aromatic rings. The Hall–Kier alpha value is -3.44. The first-order chi connectivity index (χ1) is 14.5. The van der Waals surface area contributed by atoms with Gasteiger partial charge in [0.05, 0.1) is 22.5 Å². The molecule has 8 heteroatoms. The summed E-state index contributed by atoms with van der Waals surface area (Å²) >= 11 is 1.60. The summed E-state index contributed by atoms with van der Waals surface area (Å²) in [5.74, 6) is -0.159. The van der Waals surface area contributed by atoms with Crippen molar-refractivity contribution in [3.63, 3.8) is 0 Å². The number of allylic oxidation sites excluding steroid dienone is 3. The Bertz CT molecular complexity index is 1140. The van der Waals surface area contributed by atoms with E-state index in [1.54, 1.807) is 28.4 Å². The van der Waals surface area contributed by atoms with Gasteiger partial charge < -0.3 is 5.73 Å². The molecule has 1 atom stereocenters. The maximum atomic E-state index is 13.0. The summed E-state index contributed by atoms with van der Waals surface area (Å²) in [5.41, 5.74) is 8.81. The van der Waals surface area contributed by atoms with Gasteiger partial charge in [-0.05, 0) is 43.5 Å². The van der Waals surface area contributed by atoms with Crippen LogP contribution in [0.2, 0.25) is 0 Å². The summed E-state index contributed by atoms with van der Waals surface area (Å²) in [5, 5.41) is 21.0. The van der Waals surface area contributed by atoms with Crippen LogP contribution in [-0.4, -0.2) is 10.7 Å². The molecule has 0 amide bonds. The number of hydrogen-bond donors (Lipinski definition) is 1. The second-order valence-electron chi connectivity index (χ2n) is 7.25. The zero-order chi connectivity index (χ0) is 21.4. The highest BCUT2D eigenvalue weighted by Gasteiger charge is 2.40. The first kappa shape index (κ1) is 19.9. The van der Waals surface area contributed by atoms with Gasteiger partial charge in [-0.25, -0.2) is 0 Å². The lowest BCUT2D eigenvalue weighted by molar-refractivity contribution is -0.384. The number of hydrogen-bond acceptors (Lipinski definition) is 7. The molecular formula is C22H20N4O3S. The number of carbonyl (C=O) groups is 1. The van der Waals surface area contributed by atoms with E-state index >= 15 is 0 Å². The third-order valence-electron chi connectivity index (χ3n) is 5.55. The van der Waals surface area contributed by atoms with Gasteiger partial charge in [0.25, 0.3) is 5.69 Å². The van der Waals surface area contributed by atoms with Crippen molar-refractivity contribution < 1.29 is 9.72 Å². The van der Waals surface area contributed by atoms with Crippen LogP contribution in [0.15, 0.2) is 59.1 Å². The number of non-ortho nitro benzene ring substituents is 1. The van der Waals surface area contributed by atoms with Crippen LogP contribution in [0.1, 0.15) is 41.9 Å². The highest BCUT2D eigenvalue weighted by molar-refractivity contribution is 7.12. The molecule has 4 rings (SSSR count). The fourth-order valence-corrected chi connectivity index (χ4v) is 5.20. The van der Waals surface area contributed by atoms with Crippen molar-refractivity contribution >= 4 is 28.5 Å². The number of nitro groups is 1. The molecule has 2 aliphatic rings. The number of nitriles is 1. The van der Waals surface area contributed by atoms with E-state index in [4.69, 9.17) is 5.73 Å². The standard InChI is InChI=1S/C22H20N4O3S/c1-2-15-10-11-19(30-15)20-16(12-23)22(24)25(17-4-3-5-18(27)21(17)20)13-6-8-14(9-7-13)26(28)29/h6-11,20H,2-5,24H2,1H3. The van der Waals surface area contributed by atoms with Gasteiger partial charge >= 0.3 is 0 Å². The van der Waals surface area contributed by atoms with E-state index in [2.05, 4.69) is 13.0 Å². The molecule has 1 unspecified atom stereocenters. The predicted octanol–water partition coefficient (Wildman–Crippen LogP) is 4.52. The molecule has 1 aliphatic carbocycles. The molecule has 7 nitrogen and oxygen atoms in total. The summed E-state index contributed by atoms with van der Waals surface area (Å²) in [6.45, 7) is 2.07. The van der Waals surface area contributed by atoms with Crippen molar-refractivity contribution in [1.82, 2.24) is 0 Å². The normalized spacial score (nSPS) is 19.0. The van der Waals surface area contributed by atoms with Crippen molar-refractivity contribution in [2.75, 3.05) is 4.90 Å². The fourth-order valence-electron chi connectivity index (χ4n) is 4.13. The Morgan fingerprint density at radius 3 is 2.60 bits per heavy atom. The molecule has 30 heavy (non-hydrogen) atoms. The van der Waals surface area contributed by atoms with Gasteiger partial charge in [-0.15, -0.1) is 11.3 Å². The van der Waals surface area contributed by atoms with Crippen LogP contribution in [0.5, 0.6) is 0 Å². The van der Waals surface area contributed by atoms with Crippen LogP contribution in [-0.2, 0) is 11.2 Å². The van der Waals surface area contributed by atoms with Gasteiger partial charge in [-0.1, -0.05) is 6.92 Å². The Kier molecular flexibility index (Phi) is 5.14. The molecule has 2 heterocycles. The molecule has 0 radical (unpaired) electrons. The van der Waals surface area contributed by atoms with Crippen molar-refractivity contribution in [1.29, 1.82) is 5.26 Å². The molecule has 1 aromatic heterocycles. The summed E-state index contributed by atoms with van der Waals surface area (Å²) in [6, 6.07) is 12.3. The summed E-state index contributed by atoms with van der Waals surface area (Å²) < 4.78 is 0. The number of nitrogens with zero attached hydrogens (tertiary/aromatic N) is 3. The van der Waals surface area contributed by atoms with E-state index in [0.29, 0.717) is 36.1 Å². The second kappa shape index (κ2) is 7.76. The number of Topliss-reactive ketones (excluding diaryl/α,β-unsaturated/α-hetero) is 1. The highest BCUT2D eigenvalue weighted by atomic mass is 32.1. The number of nitrogens with two attached hydrogens (primary N) is 1. The summed E-state index contributed by atoms with van der Waals surface area (Å²) in [7, 11) is 0. The molecule has 1 aromatic carbocycles. The first-order valence-electron chi connectivity index (χ1n) is 9.75. The minimum Gasteiger partial charge on any atom is -0.384 e. The topological polar surface area (TPSA) is 113 Å². The summed E-state index contributed by atoms with van der Waals surface area (Å²) in [4.78, 5) is 27.4. The largest absolute Gasteiger partial charge is 0.384 e. The Balaban J connectivity index is 1.90. The monoisotopic (exact) mass is 420 g/mol. The minimum atomic E-state index is -0.465. The van der Waals surface area contributed by atoms with Crippen LogP contribution >= 0.6 is 11.3 Å². The SMILES string of the molecule is CCc1ccc(C2C(C#N)=C(N)N(c3ccc([N+](=O)[O-])cc3)C3=C2C(=O)CCC3)s1. The average Bonchev–Trinajstić information content (AvgIpc) is 3.22. The van der Waals surface area contributed by atoms with Gasteiger partial charge in [0.15, 0.2) is 5.78 Å². The van der Waals surface area contributed by atoms with E-state index in [0.717, 1.165) is 17.0 Å². The first-order valence-corrected chi connectivity index (χ1v) is 10.6. The molecule has 0 bridgehead atoms. The number of thiophene rings is 1. The number of rotatable bonds is 4. The van der Waals surface area contributed by atoms with Crippen LogP contribution in [0.3, 0.4) is 0 Å². The lowest BCUT2D eigenvalue weighted by Gasteiger charge is -2.39. The van der Waals surface area contributed by atoms with E-state index in [1.807, 2.05) is 12.1 Å². The Labute approximate surface area is 177 Å². The quantitative estimate of drug-likeness (QED) is 0.574. The van der Waals surface area contributed by atoms with Gasteiger partial charge in [0, 0.05) is 45.3 Å². The van der Waals surface area contributed by atoms with E-state index < -0.39 is 10.8 Å². The van der Waals surface area contributed by atoms with Gasteiger partial charge in [-0.2, -0.15) is 5.26 Å². The van der Waals surface area contributed by atoms with Gasteiger partial charge in [0.1, 0.15) is 5.82 Å². The lowest BCUT2D eigenvalue weighted by Crippen LogP contribution is -2.38. The predicted molar refractivity (Wildman–Crippen MR) is 115 cm³/mol. The van der Waals surface area contributed by atoms with Crippen LogP contribution in [0, 0.1) is 21.4 Å². The Morgan fingerprint density at radius 1 is 1.27 bits per heavy atom. The number of carbonyl (C=O) groups excluding carboxylic acids is 1. The van der Waals surface area contributed by atoms with Crippen LogP contribution < -0.4 is 10.6 Å². The van der Waals surface area contributed by atoms with Crippen molar-refractivity contribution in [3.05, 3.63) is 78.9 Å². The van der Waals surface area contributed by atoms with Crippen LogP contribution in [0.25, 0.3) is 0 Å². The smallest absolute Gasteiger partial charge is 0.269 e. The molecular weight excluding hydrogens is 400 g/mol. The minimum absolute atomic E-state index is 0.0276. The van der Waals surface area contributed by atoms with Crippen molar-refractivity contribution in [3.8, 4) is 6.07 Å². The fraction of sp³-hybridized carbons (Fsp3) is 0.273. The number of nitro benzene ring substituents is 1. The third-order valence-corrected chi connectivity index (χ3v) is 6.84. The molecule has 0 saturated heterocycles. The molecule has 152 valence electrons. The third kappa shape index (κ3) is 3.17. The maximum absolute atomic E-state index is 13.0. The van der Waals surface area contributed by atoms with E-state index in [-0.39, 0.29) is 17.3 Å². The zero-order valence-electron chi connectivity index (χ0n) is 16.4. The van der Waals surface area contributed by atoms with E-state index in [9.17, 15) is 20.2 Å². The number of benzene rings is 1. The maximum Gasteiger partial charge on any atom is 0.269 e. The van der Waals surface area contributed by atoms with E-state index in [1.165, 1.54) is 17.0 Å². The summed E-state index contributed by atoms with van der Waals surface area (Å²) in [6.07, 6.45) is 2.68. The van der Waals surface area contributed by atoms with Gasteiger partial charge in [0.2, 0.25) is 0 Å². The van der Waals surface area contributed by atoms with Crippen LogP contribution in [0.4, 0.5) is 11.4 Å². The van der Waals surface area contributed by atoms with Gasteiger partial charge in [-0.3, -0.25) is 19.8 Å². The zero-order valence-corrected chi connectivity index (χ0v) is 17.2. The lowest BCUT2D eigenvalue weighted by atomic mass is 9.78. The Morgan fingerprint density at radius 2 is 2.00 bits per heavy atom. The second-order valence-corrected chi connectivity index (χ2v) is 8.45. The number of aryl methyl sites for hydroxylation is 1. The average molecular weight is 420 g/mol. The highest BCUT2D eigenvalue weighted by Crippen LogP contribution is 2.47. The number of ketones is 1.